The Labute approximate surface area is 105 Å². The summed E-state index contributed by atoms with van der Waals surface area (Å²) in [6.45, 7) is 0.00356. The molecule has 2 atom stereocenters. The van der Waals surface area contributed by atoms with Gasteiger partial charge >= 0.3 is 5.97 Å². The molecule has 0 saturated carbocycles. The van der Waals surface area contributed by atoms with Gasteiger partial charge in [0.25, 0.3) is 0 Å². The van der Waals surface area contributed by atoms with Crippen molar-refractivity contribution in [3.63, 3.8) is 0 Å². The van der Waals surface area contributed by atoms with Crippen LogP contribution < -0.4 is 0 Å². The van der Waals surface area contributed by atoms with Gasteiger partial charge < -0.3 is 15.1 Å². The zero-order chi connectivity index (χ0) is 13.1. The van der Waals surface area contributed by atoms with Crippen LogP contribution in [0, 0.1) is 5.92 Å². The molecule has 5 nitrogen and oxygen atoms in total. The molecule has 1 aromatic rings. The highest BCUT2D eigenvalue weighted by atomic mass is 16.4. The Kier molecular flexibility index (Phi) is 3.62. The lowest BCUT2D eigenvalue weighted by atomic mass is 9.94. The van der Waals surface area contributed by atoms with Crippen molar-refractivity contribution in [2.24, 2.45) is 5.92 Å². The number of likely N-dealkylation sites (tertiary alicyclic amines) is 1. The first kappa shape index (κ1) is 12.6. The predicted octanol–water partition coefficient (Wildman–Crippen LogP) is 0.653. The van der Waals surface area contributed by atoms with E-state index >= 15 is 0 Å². The highest BCUT2D eigenvalue weighted by Crippen LogP contribution is 2.37. The van der Waals surface area contributed by atoms with Crippen LogP contribution in [-0.2, 0) is 9.59 Å². The monoisotopic (exact) mass is 249 g/mol. The average Bonchev–Trinajstić information content (AvgIpc) is 2.69. The Hall–Kier alpha value is -1.88. The molecule has 1 aliphatic heterocycles. The number of rotatable bonds is 4. The molecule has 1 aromatic carbocycles. The van der Waals surface area contributed by atoms with Crippen LogP contribution in [0.2, 0.25) is 0 Å². The maximum absolute atomic E-state index is 11.8. The van der Waals surface area contributed by atoms with Crippen LogP contribution in [0.3, 0.4) is 0 Å². The molecule has 0 aromatic heterocycles. The lowest BCUT2D eigenvalue weighted by molar-refractivity contribution is -0.142. The minimum absolute atomic E-state index is 0.00507. The fourth-order valence-electron chi connectivity index (χ4n) is 2.45. The summed E-state index contributed by atoms with van der Waals surface area (Å²) >= 11 is 0. The molecule has 1 fully saturated rings. The smallest absolute Gasteiger partial charge is 0.309 e. The van der Waals surface area contributed by atoms with Crippen molar-refractivity contribution in [1.29, 1.82) is 0 Å². The summed E-state index contributed by atoms with van der Waals surface area (Å²) in [4.78, 5) is 24.5. The fraction of sp³-hybridized carbons (Fsp3) is 0.385. The molecular weight excluding hydrogens is 234 g/mol. The number of hydrogen-bond donors (Lipinski definition) is 2. The number of aliphatic carboxylic acids is 1. The van der Waals surface area contributed by atoms with Gasteiger partial charge in [-0.3, -0.25) is 9.59 Å². The van der Waals surface area contributed by atoms with Crippen molar-refractivity contribution in [2.75, 3.05) is 13.2 Å². The molecule has 2 rings (SSSR count). The summed E-state index contributed by atoms with van der Waals surface area (Å²) in [5.41, 5.74) is 0.796. The Bertz CT molecular complexity index is 446. The molecule has 1 saturated heterocycles. The van der Waals surface area contributed by atoms with Crippen LogP contribution in [0.1, 0.15) is 18.0 Å². The van der Waals surface area contributed by atoms with Gasteiger partial charge in [-0.25, -0.2) is 0 Å². The first-order valence-electron chi connectivity index (χ1n) is 5.83. The standard InChI is InChI=1S/C13H15NO4/c15-7-6-14-11(16)8-10(13(17)18)12(14)9-4-2-1-3-5-9/h1-5,10,12,15H,6-8H2,(H,17,18). The van der Waals surface area contributed by atoms with E-state index in [0.29, 0.717) is 0 Å². The van der Waals surface area contributed by atoms with Crippen LogP contribution >= 0.6 is 0 Å². The molecule has 1 aliphatic rings. The van der Waals surface area contributed by atoms with E-state index in [0.717, 1.165) is 5.56 Å². The number of benzene rings is 1. The summed E-state index contributed by atoms with van der Waals surface area (Å²) in [5, 5.41) is 18.2. The highest BCUT2D eigenvalue weighted by Gasteiger charge is 2.44. The number of aliphatic hydroxyl groups excluding tert-OH is 1. The van der Waals surface area contributed by atoms with Gasteiger partial charge in [0.1, 0.15) is 0 Å². The highest BCUT2D eigenvalue weighted by molar-refractivity contribution is 5.87. The zero-order valence-electron chi connectivity index (χ0n) is 9.82. The van der Waals surface area contributed by atoms with Gasteiger partial charge in [-0.1, -0.05) is 30.3 Å². The second kappa shape index (κ2) is 5.18. The maximum atomic E-state index is 11.8. The van der Waals surface area contributed by atoms with E-state index in [1.54, 1.807) is 0 Å². The number of aliphatic hydroxyl groups is 1. The van der Waals surface area contributed by atoms with Gasteiger partial charge in [-0.2, -0.15) is 0 Å². The summed E-state index contributed by atoms with van der Waals surface area (Å²) in [7, 11) is 0. The number of amides is 1. The summed E-state index contributed by atoms with van der Waals surface area (Å²) in [6, 6.07) is 8.60. The van der Waals surface area contributed by atoms with Crippen molar-refractivity contribution < 1.29 is 19.8 Å². The topological polar surface area (TPSA) is 77.8 Å². The number of carbonyl (C=O) groups excluding carboxylic acids is 1. The second-order valence-corrected chi connectivity index (χ2v) is 4.32. The Morgan fingerprint density at radius 3 is 2.56 bits per heavy atom. The molecule has 0 aliphatic carbocycles. The Morgan fingerprint density at radius 2 is 2.00 bits per heavy atom. The second-order valence-electron chi connectivity index (χ2n) is 4.32. The van der Waals surface area contributed by atoms with Crippen molar-refractivity contribution in [1.82, 2.24) is 4.90 Å². The minimum Gasteiger partial charge on any atom is -0.481 e. The maximum Gasteiger partial charge on any atom is 0.309 e. The molecule has 0 spiro atoms. The first-order chi connectivity index (χ1) is 8.65. The molecule has 1 amide bonds. The number of carboxylic acids is 1. The first-order valence-corrected chi connectivity index (χ1v) is 5.83. The SMILES string of the molecule is O=C(O)C1CC(=O)N(CCO)C1c1ccccc1. The van der Waals surface area contributed by atoms with Gasteiger partial charge in [-0.05, 0) is 5.56 Å². The molecule has 0 bridgehead atoms. The quantitative estimate of drug-likeness (QED) is 0.821. The van der Waals surface area contributed by atoms with E-state index < -0.39 is 17.9 Å². The van der Waals surface area contributed by atoms with E-state index in [-0.39, 0.29) is 25.5 Å². The number of β-amino-alcohol motifs (C(OH)–C–C–N with tert-alkyl or cyclic N) is 1. The third kappa shape index (κ3) is 2.22. The molecule has 1 heterocycles. The lowest BCUT2D eigenvalue weighted by Crippen LogP contribution is -2.32. The van der Waals surface area contributed by atoms with Crippen LogP contribution in [-0.4, -0.2) is 40.1 Å². The molecule has 96 valence electrons. The minimum atomic E-state index is -0.974. The third-order valence-corrected chi connectivity index (χ3v) is 3.23. The van der Waals surface area contributed by atoms with E-state index in [2.05, 4.69) is 0 Å². The molecule has 0 radical (unpaired) electrons. The number of carbonyl (C=O) groups is 2. The van der Waals surface area contributed by atoms with E-state index in [4.69, 9.17) is 5.11 Å². The van der Waals surface area contributed by atoms with Crippen LogP contribution in [0.5, 0.6) is 0 Å². The lowest BCUT2D eigenvalue weighted by Gasteiger charge is -2.26. The van der Waals surface area contributed by atoms with Crippen molar-refractivity contribution in [2.45, 2.75) is 12.5 Å². The van der Waals surface area contributed by atoms with E-state index in [1.165, 1.54) is 4.90 Å². The van der Waals surface area contributed by atoms with Crippen LogP contribution in [0.25, 0.3) is 0 Å². The number of hydrogen-bond acceptors (Lipinski definition) is 3. The van der Waals surface area contributed by atoms with Gasteiger partial charge in [0, 0.05) is 13.0 Å². The Morgan fingerprint density at radius 1 is 1.33 bits per heavy atom. The molecule has 5 heteroatoms. The molecular formula is C13H15NO4. The molecule has 2 unspecified atom stereocenters. The van der Waals surface area contributed by atoms with Gasteiger partial charge in [0.05, 0.1) is 18.6 Å². The number of nitrogens with zero attached hydrogens (tertiary/aromatic N) is 1. The van der Waals surface area contributed by atoms with E-state index in [9.17, 15) is 14.7 Å². The van der Waals surface area contributed by atoms with Crippen molar-refractivity contribution in [3.8, 4) is 0 Å². The van der Waals surface area contributed by atoms with E-state index in [1.807, 2.05) is 30.3 Å². The normalized spacial score (nSPS) is 23.4. The zero-order valence-corrected chi connectivity index (χ0v) is 9.82. The van der Waals surface area contributed by atoms with Crippen LogP contribution in [0.4, 0.5) is 0 Å². The molecule has 2 N–H and O–H groups in total. The average molecular weight is 249 g/mol. The predicted molar refractivity (Wildman–Crippen MR) is 63.7 cm³/mol. The van der Waals surface area contributed by atoms with Crippen LogP contribution in [0.15, 0.2) is 30.3 Å². The van der Waals surface area contributed by atoms with Gasteiger partial charge in [-0.15, -0.1) is 0 Å². The summed E-state index contributed by atoms with van der Waals surface area (Å²) in [6.07, 6.45) is -0.00507. The van der Waals surface area contributed by atoms with Crippen molar-refractivity contribution >= 4 is 11.9 Å². The number of carboxylic acid groups (broad SMARTS) is 1. The largest absolute Gasteiger partial charge is 0.481 e. The van der Waals surface area contributed by atoms with Crippen molar-refractivity contribution in [3.05, 3.63) is 35.9 Å². The van der Waals surface area contributed by atoms with Gasteiger partial charge in [0.2, 0.25) is 5.91 Å². The Balaban J connectivity index is 2.36. The molecule has 18 heavy (non-hydrogen) atoms. The fourth-order valence-corrected chi connectivity index (χ4v) is 2.45. The third-order valence-electron chi connectivity index (χ3n) is 3.23. The summed E-state index contributed by atoms with van der Waals surface area (Å²) in [5.74, 6) is -1.94. The van der Waals surface area contributed by atoms with Gasteiger partial charge in [0.15, 0.2) is 0 Å². The summed E-state index contributed by atoms with van der Waals surface area (Å²) < 4.78 is 0.